The van der Waals surface area contributed by atoms with Gasteiger partial charge in [0.05, 0.1) is 13.7 Å². The summed E-state index contributed by atoms with van der Waals surface area (Å²) in [6.07, 6.45) is 0.973. The van der Waals surface area contributed by atoms with Crippen molar-refractivity contribution in [3.05, 3.63) is 23.8 Å². The lowest BCUT2D eigenvalue weighted by Gasteiger charge is -2.30. The van der Waals surface area contributed by atoms with Gasteiger partial charge in [-0.1, -0.05) is 6.07 Å². The Morgan fingerprint density at radius 3 is 2.33 bits per heavy atom. The van der Waals surface area contributed by atoms with E-state index < -0.39 is 7.82 Å². The zero-order chi connectivity index (χ0) is 18.2. The first-order chi connectivity index (χ1) is 11.2. The van der Waals surface area contributed by atoms with E-state index in [2.05, 4.69) is 0 Å². The number of rotatable bonds is 11. The van der Waals surface area contributed by atoms with E-state index in [1.54, 1.807) is 6.07 Å². The average molecular weight is 364 g/mol. The Morgan fingerprint density at radius 2 is 1.75 bits per heavy atom. The van der Waals surface area contributed by atoms with Crippen molar-refractivity contribution in [3.63, 3.8) is 0 Å². The van der Waals surface area contributed by atoms with Crippen molar-refractivity contribution in [2.75, 3.05) is 40.1 Å². The van der Waals surface area contributed by atoms with Gasteiger partial charge in [-0.15, -0.1) is 0 Å². The number of phosphoric acid groups is 1. The number of hydrogen-bond acceptors (Lipinski definition) is 7. The van der Waals surface area contributed by atoms with Gasteiger partial charge in [0.25, 0.3) is 0 Å². The van der Waals surface area contributed by atoms with Crippen LogP contribution in [0.25, 0.3) is 0 Å². The van der Waals surface area contributed by atoms with Crippen molar-refractivity contribution in [2.24, 2.45) is 11.5 Å². The molecule has 24 heavy (non-hydrogen) atoms. The minimum Gasteiger partial charge on any atom is -0.504 e. The fourth-order valence-electron chi connectivity index (χ4n) is 1.85. The maximum atomic E-state index is 11.8. The monoisotopic (exact) mass is 364 g/mol. The number of phenolic OH excluding ortho intramolecular Hbond substituents is 2. The zero-order valence-electron chi connectivity index (χ0n) is 13.8. The molecule has 0 bridgehead atoms. The topological polar surface area (TPSA) is 148 Å². The van der Waals surface area contributed by atoms with Crippen molar-refractivity contribution in [3.8, 4) is 11.5 Å². The maximum absolute atomic E-state index is 11.8. The molecule has 0 saturated heterocycles. The first-order valence-corrected chi connectivity index (χ1v) is 9.07. The summed E-state index contributed by atoms with van der Waals surface area (Å²) >= 11 is 0. The molecule has 1 unspecified atom stereocenters. The van der Waals surface area contributed by atoms with E-state index in [0.29, 0.717) is 37.2 Å². The third-order valence-corrected chi connectivity index (χ3v) is 4.69. The lowest BCUT2D eigenvalue weighted by atomic mass is 10.1. The van der Waals surface area contributed by atoms with Crippen molar-refractivity contribution in [2.45, 2.75) is 12.8 Å². The Balaban J connectivity index is 2.30. The normalized spacial score (nSPS) is 14.5. The molecule has 0 aliphatic carbocycles. The van der Waals surface area contributed by atoms with E-state index in [-0.39, 0.29) is 24.7 Å². The van der Waals surface area contributed by atoms with E-state index >= 15 is 0 Å². The molecule has 1 aromatic rings. The Morgan fingerprint density at radius 1 is 1.12 bits per heavy atom. The van der Waals surface area contributed by atoms with Gasteiger partial charge in [0.15, 0.2) is 11.5 Å². The quantitative estimate of drug-likeness (QED) is 0.125. The number of hydrogen-bond donors (Lipinski definition) is 5. The smallest absolute Gasteiger partial charge is 0.472 e. The summed E-state index contributed by atoms with van der Waals surface area (Å²) in [7, 11) is -2.30. The Labute approximate surface area is 141 Å². The van der Waals surface area contributed by atoms with Gasteiger partial charge in [-0.2, -0.15) is 0 Å². The van der Waals surface area contributed by atoms with Crippen LogP contribution in [0.15, 0.2) is 18.2 Å². The molecule has 1 atom stereocenters. The molecule has 0 aliphatic rings. The first-order valence-electron chi connectivity index (χ1n) is 7.58. The highest BCUT2D eigenvalue weighted by atomic mass is 31.2. The van der Waals surface area contributed by atoms with Gasteiger partial charge < -0.3 is 15.1 Å². The predicted octanol–water partition coefficient (Wildman–Crippen LogP) is 0.443. The third kappa shape index (κ3) is 7.14. The number of likely N-dealkylation sites (N-methyl/N-ethyl adjacent to an activating group) is 1. The number of nitrogens with two attached hydrogens (primary N) is 2. The number of phenols is 2. The number of aromatic hydroxyl groups is 2. The molecule has 0 radical (unpaired) electrons. The summed E-state index contributed by atoms with van der Waals surface area (Å²) in [6, 6.07) is 4.47. The van der Waals surface area contributed by atoms with Crippen LogP contribution in [0.3, 0.4) is 0 Å². The standard InChI is InChI=1S/C14H26N3O6P/c1-17(10-15,11-16)6-8-23-24(20,21)22-7-2-3-12-4-5-13(18)14(19)9-12/h4-5,9H,2-3,6-8,10-11,15-16H2,1H3,(H2-,18,19,20,21)/p+1. The van der Waals surface area contributed by atoms with Crippen molar-refractivity contribution in [1.82, 2.24) is 0 Å². The van der Waals surface area contributed by atoms with E-state index in [0.717, 1.165) is 5.56 Å². The number of aryl methyl sites for hydroxylation is 1. The van der Waals surface area contributed by atoms with Crippen LogP contribution in [0.4, 0.5) is 0 Å². The number of quaternary nitrogens is 1. The van der Waals surface area contributed by atoms with Crippen LogP contribution in [-0.2, 0) is 20.0 Å². The largest absolute Gasteiger partial charge is 0.504 e. The zero-order valence-corrected chi connectivity index (χ0v) is 14.7. The highest BCUT2D eigenvalue weighted by Gasteiger charge is 2.24. The second kappa shape index (κ2) is 9.33. The molecule has 1 rings (SSSR count). The number of nitrogens with zero attached hydrogens (tertiary/aromatic N) is 1. The van der Waals surface area contributed by atoms with Crippen molar-refractivity contribution in [1.29, 1.82) is 0 Å². The molecule has 0 fully saturated rings. The van der Waals surface area contributed by atoms with Gasteiger partial charge in [-0.25, -0.2) is 4.57 Å². The lowest BCUT2D eigenvalue weighted by Crippen LogP contribution is -2.53. The molecule has 0 saturated carbocycles. The SMILES string of the molecule is C[N+](CN)(CN)CCOP(=O)(O)OCCCc1ccc(O)c(O)c1. The van der Waals surface area contributed by atoms with Gasteiger partial charge in [0, 0.05) is 0 Å². The fourth-order valence-corrected chi connectivity index (χ4v) is 2.60. The summed E-state index contributed by atoms with van der Waals surface area (Å²) < 4.78 is 21.9. The molecule has 10 heteroatoms. The molecule has 7 N–H and O–H groups in total. The van der Waals surface area contributed by atoms with E-state index in [1.165, 1.54) is 12.1 Å². The summed E-state index contributed by atoms with van der Waals surface area (Å²) in [5, 5.41) is 18.6. The Hall–Kier alpha value is -1.19. The molecule has 138 valence electrons. The van der Waals surface area contributed by atoms with Crippen LogP contribution in [0.2, 0.25) is 0 Å². The molecule has 0 amide bonds. The van der Waals surface area contributed by atoms with Crippen LogP contribution in [-0.4, -0.2) is 59.7 Å². The summed E-state index contributed by atoms with van der Waals surface area (Å²) in [6.45, 7) is 1.03. The van der Waals surface area contributed by atoms with Gasteiger partial charge in [-0.05, 0) is 30.5 Å². The van der Waals surface area contributed by atoms with Crippen LogP contribution in [0.5, 0.6) is 11.5 Å². The minimum atomic E-state index is -4.12. The molecular formula is C14H27N3O6P+. The molecule has 9 nitrogen and oxygen atoms in total. The number of benzene rings is 1. The molecule has 0 aliphatic heterocycles. The summed E-state index contributed by atoms with van der Waals surface area (Å²) in [4.78, 5) is 9.60. The van der Waals surface area contributed by atoms with Gasteiger partial charge in [0.1, 0.15) is 26.5 Å². The van der Waals surface area contributed by atoms with Gasteiger partial charge >= 0.3 is 7.82 Å². The van der Waals surface area contributed by atoms with Crippen LogP contribution in [0, 0.1) is 0 Å². The molecule has 0 spiro atoms. The van der Waals surface area contributed by atoms with Crippen LogP contribution >= 0.6 is 7.82 Å². The Bertz CT molecular complexity index is 567. The highest BCUT2D eigenvalue weighted by molar-refractivity contribution is 7.47. The van der Waals surface area contributed by atoms with Gasteiger partial charge in [-0.3, -0.25) is 25.0 Å². The molecule has 0 aromatic heterocycles. The first kappa shape index (κ1) is 20.9. The predicted molar refractivity (Wildman–Crippen MR) is 89.0 cm³/mol. The van der Waals surface area contributed by atoms with Gasteiger partial charge in [0.2, 0.25) is 0 Å². The number of phosphoric ester groups is 1. The summed E-state index contributed by atoms with van der Waals surface area (Å²) in [5.74, 6) is -0.394. The van der Waals surface area contributed by atoms with Crippen molar-refractivity contribution >= 4 is 7.82 Å². The maximum Gasteiger partial charge on any atom is 0.472 e. The minimum absolute atomic E-state index is 0.00448. The highest BCUT2D eigenvalue weighted by Crippen LogP contribution is 2.43. The molecule has 0 heterocycles. The second-order valence-electron chi connectivity index (χ2n) is 5.77. The van der Waals surface area contributed by atoms with Crippen LogP contribution in [0.1, 0.15) is 12.0 Å². The van der Waals surface area contributed by atoms with Crippen LogP contribution < -0.4 is 11.5 Å². The van der Waals surface area contributed by atoms with Crippen molar-refractivity contribution < 1.29 is 33.2 Å². The van der Waals surface area contributed by atoms with E-state index in [1.807, 2.05) is 7.05 Å². The summed E-state index contributed by atoms with van der Waals surface area (Å²) in [5.41, 5.74) is 11.9. The Kier molecular flexibility index (Phi) is 8.11. The van der Waals surface area contributed by atoms with E-state index in [4.69, 9.17) is 20.5 Å². The molecular weight excluding hydrogens is 337 g/mol. The molecule has 1 aromatic carbocycles. The average Bonchev–Trinajstić information content (AvgIpc) is 2.54. The lowest BCUT2D eigenvalue weighted by molar-refractivity contribution is -0.909. The van der Waals surface area contributed by atoms with E-state index in [9.17, 15) is 19.7 Å². The fraction of sp³-hybridized carbons (Fsp3) is 0.571. The second-order valence-corrected chi connectivity index (χ2v) is 7.22. The third-order valence-electron chi connectivity index (χ3n) is 3.67.